The number of pyridine rings is 1. The average molecular weight is 536 g/mol. The van der Waals surface area contributed by atoms with Crippen molar-refractivity contribution < 1.29 is 31.4 Å². The van der Waals surface area contributed by atoms with Crippen molar-refractivity contribution >= 4 is 39.4 Å². The molecule has 0 atom stereocenters. The van der Waals surface area contributed by atoms with Crippen LogP contribution in [0.15, 0.2) is 40.9 Å². The maximum Gasteiger partial charge on any atom is 0.415 e. The Morgan fingerprint density at radius 2 is 1.75 bits per heavy atom. The number of ketones is 1. The SMILES string of the molecule is Cc1noc(COS(C)(=O)=O)c1-c1ccc(N(C)C(=O)OC(C)(C)C)nc1C(=O)c1ccc(Cl)cc1. The van der Waals surface area contributed by atoms with Gasteiger partial charge in [0, 0.05) is 23.2 Å². The van der Waals surface area contributed by atoms with Gasteiger partial charge in [0.25, 0.3) is 10.1 Å². The fraction of sp³-hybridized carbons (Fsp3) is 0.333. The Kier molecular flexibility index (Phi) is 7.87. The van der Waals surface area contributed by atoms with Gasteiger partial charge in [-0.15, -0.1) is 0 Å². The summed E-state index contributed by atoms with van der Waals surface area (Å²) in [5.74, 6) is -0.205. The third-order valence-corrected chi connectivity index (χ3v) is 5.62. The Balaban J connectivity index is 2.14. The van der Waals surface area contributed by atoms with Crippen molar-refractivity contribution in [3.8, 4) is 11.1 Å². The predicted octanol–water partition coefficient (Wildman–Crippen LogP) is 4.78. The van der Waals surface area contributed by atoms with E-state index in [1.54, 1.807) is 58.0 Å². The number of benzene rings is 1. The van der Waals surface area contributed by atoms with Crippen molar-refractivity contribution in [2.45, 2.75) is 39.9 Å². The molecule has 0 aliphatic rings. The zero-order valence-corrected chi connectivity index (χ0v) is 22.2. The van der Waals surface area contributed by atoms with Crippen LogP contribution in [-0.2, 0) is 25.6 Å². The molecule has 10 nitrogen and oxygen atoms in total. The van der Waals surface area contributed by atoms with E-state index >= 15 is 0 Å². The van der Waals surface area contributed by atoms with Crippen LogP contribution >= 0.6 is 11.6 Å². The third kappa shape index (κ3) is 6.68. The number of ether oxygens (including phenoxy) is 1. The fourth-order valence-electron chi connectivity index (χ4n) is 3.19. The molecule has 36 heavy (non-hydrogen) atoms. The van der Waals surface area contributed by atoms with Crippen LogP contribution in [0, 0.1) is 6.92 Å². The monoisotopic (exact) mass is 535 g/mol. The van der Waals surface area contributed by atoms with E-state index in [-0.39, 0.29) is 17.3 Å². The third-order valence-electron chi connectivity index (χ3n) is 4.82. The second kappa shape index (κ2) is 10.4. The van der Waals surface area contributed by atoms with E-state index in [1.807, 2.05) is 0 Å². The minimum absolute atomic E-state index is 0.0165. The molecule has 0 N–H and O–H groups in total. The normalized spacial score (nSPS) is 11.9. The van der Waals surface area contributed by atoms with Crippen molar-refractivity contribution in [1.29, 1.82) is 0 Å². The molecular weight excluding hydrogens is 510 g/mol. The number of amides is 1. The number of nitrogens with zero attached hydrogens (tertiary/aromatic N) is 3. The molecule has 3 aromatic rings. The average Bonchev–Trinajstić information content (AvgIpc) is 3.15. The summed E-state index contributed by atoms with van der Waals surface area (Å²) in [5.41, 5.74) is 0.617. The van der Waals surface area contributed by atoms with Gasteiger partial charge in [-0.1, -0.05) is 16.8 Å². The number of aryl methyl sites for hydroxylation is 1. The van der Waals surface area contributed by atoms with E-state index in [0.717, 1.165) is 6.26 Å². The molecule has 0 radical (unpaired) electrons. The number of aromatic nitrogens is 2. The zero-order chi connectivity index (χ0) is 26.8. The smallest absolute Gasteiger partial charge is 0.415 e. The summed E-state index contributed by atoms with van der Waals surface area (Å²) in [6.45, 7) is 6.42. The van der Waals surface area contributed by atoms with Crippen LogP contribution in [0.25, 0.3) is 11.1 Å². The minimum Gasteiger partial charge on any atom is -0.443 e. The summed E-state index contributed by atoms with van der Waals surface area (Å²) in [6, 6.07) is 9.35. The lowest BCUT2D eigenvalue weighted by Gasteiger charge is -2.24. The van der Waals surface area contributed by atoms with Crippen molar-refractivity contribution in [3.63, 3.8) is 0 Å². The molecule has 192 valence electrons. The molecule has 0 fully saturated rings. The maximum atomic E-state index is 13.6. The molecule has 12 heteroatoms. The van der Waals surface area contributed by atoms with E-state index in [4.69, 9.17) is 25.0 Å². The highest BCUT2D eigenvalue weighted by Crippen LogP contribution is 2.33. The number of carbonyl (C=O) groups is 2. The Bertz CT molecular complexity index is 1390. The summed E-state index contributed by atoms with van der Waals surface area (Å²) in [7, 11) is -2.29. The molecule has 2 heterocycles. The summed E-state index contributed by atoms with van der Waals surface area (Å²) < 4.78 is 38.6. The molecule has 0 bridgehead atoms. The van der Waals surface area contributed by atoms with Crippen LogP contribution in [0.5, 0.6) is 0 Å². The highest BCUT2D eigenvalue weighted by molar-refractivity contribution is 7.85. The van der Waals surface area contributed by atoms with Crippen LogP contribution in [0.3, 0.4) is 0 Å². The zero-order valence-electron chi connectivity index (χ0n) is 20.7. The van der Waals surface area contributed by atoms with Crippen LogP contribution in [-0.4, -0.2) is 49.3 Å². The molecule has 0 aliphatic heterocycles. The maximum absolute atomic E-state index is 13.6. The predicted molar refractivity (Wildman–Crippen MR) is 134 cm³/mol. The highest BCUT2D eigenvalue weighted by atomic mass is 35.5. The lowest BCUT2D eigenvalue weighted by Crippen LogP contribution is -2.34. The van der Waals surface area contributed by atoms with E-state index in [9.17, 15) is 18.0 Å². The number of rotatable bonds is 7. The van der Waals surface area contributed by atoms with E-state index < -0.39 is 34.2 Å². The molecule has 0 unspecified atom stereocenters. The van der Waals surface area contributed by atoms with Gasteiger partial charge >= 0.3 is 6.09 Å². The molecule has 2 aromatic heterocycles. The standard InChI is InChI=1S/C24H26ClN3O7S/c1-14-20(18(35-27-14)13-33-36(6,31)32)17-11-12-19(28(5)23(30)34-24(2,3)4)26-21(17)22(29)15-7-9-16(25)10-8-15/h7-12H,13H2,1-6H3. The van der Waals surface area contributed by atoms with Crippen molar-refractivity contribution in [2.24, 2.45) is 0 Å². The van der Waals surface area contributed by atoms with Gasteiger partial charge in [0.15, 0.2) is 5.76 Å². The Hall–Kier alpha value is -3.28. The number of anilines is 1. The first-order valence-electron chi connectivity index (χ1n) is 10.7. The number of hydrogen-bond donors (Lipinski definition) is 0. The van der Waals surface area contributed by atoms with Gasteiger partial charge in [-0.2, -0.15) is 8.42 Å². The second-order valence-corrected chi connectivity index (χ2v) is 11.1. The van der Waals surface area contributed by atoms with Crippen LogP contribution in [0.2, 0.25) is 5.02 Å². The number of carbonyl (C=O) groups excluding carboxylic acids is 2. The van der Waals surface area contributed by atoms with Gasteiger partial charge in [0.05, 0.1) is 17.5 Å². The molecule has 0 saturated carbocycles. The largest absolute Gasteiger partial charge is 0.443 e. The Labute approximate surface area is 214 Å². The summed E-state index contributed by atoms with van der Waals surface area (Å²) in [4.78, 5) is 31.8. The topological polar surface area (TPSA) is 129 Å². The first-order chi connectivity index (χ1) is 16.7. The molecule has 3 rings (SSSR count). The quantitative estimate of drug-likeness (QED) is 0.310. The summed E-state index contributed by atoms with van der Waals surface area (Å²) in [5, 5.41) is 4.37. The summed E-state index contributed by atoms with van der Waals surface area (Å²) >= 11 is 5.97. The van der Waals surface area contributed by atoms with Gasteiger partial charge in [-0.25, -0.2) is 9.78 Å². The van der Waals surface area contributed by atoms with Crippen LogP contribution < -0.4 is 4.90 Å². The molecule has 1 amide bonds. The van der Waals surface area contributed by atoms with Crippen LogP contribution in [0.4, 0.5) is 10.6 Å². The van der Waals surface area contributed by atoms with Gasteiger partial charge in [0.2, 0.25) is 5.78 Å². The first kappa shape index (κ1) is 27.3. The van der Waals surface area contributed by atoms with Crippen molar-refractivity contribution in [1.82, 2.24) is 10.1 Å². The van der Waals surface area contributed by atoms with Gasteiger partial charge in [-0.3, -0.25) is 13.9 Å². The molecular formula is C24H26ClN3O7S. The molecule has 0 aliphatic carbocycles. The Morgan fingerprint density at radius 3 is 2.33 bits per heavy atom. The summed E-state index contributed by atoms with van der Waals surface area (Å²) in [6.07, 6.45) is 0.255. The fourth-order valence-corrected chi connectivity index (χ4v) is 3.64. The van der Waals surface area contributed by atoms with E-state index in [0.29, 0.717) is 27.4 Å². The van der Waals surface area contributed by atoms with Gasteiger partial charge in [0.1, 0.15) is 23.7 Å². The molecule has 0 saturated heterocycles. The van der Waals surface area contributed by atoms with E-state index in [2.05, 4.69) is 10.1 Å². The van der Waals surface area contributed by atoms with Crippen LogP contribution in [0.1, 0.15) is 48.3 Å². The van der Waals surface area contributed by atoms with Gasteiger partial charge in [-0.05, 0) is 64.1 Å². The highest BCUT2D eigenvalue weighted by Gasteiger charge is 2.27. The second-order valence-electron chi connectivity index (χ2n) is 8.97. The molecule has 1 aromatic carbocycles. The number of hydrogen-bond acceptors (Lipinski definition) is 9. The lowest BCUT2D eigenvalue weighted by molar-refractivity contribution is 0.0588. The van der Waals surface area contributed by atoms with Gasteiger partial charge < -0.3 is 9.26 Å². The minimum atomic E-state index is -3.77. The lowest BCUT2D eigenvalue weighted by atomic mass is 9.97. The Morgan fingerprint density at radius 1 is 1.11 bits per heavy atom. The van der Waals surface area contributed by atoms with Crippen molar-refractivity contribution in [3.05, 3.63) is 64.1 Å². The van der Waals surface area contributed by atoms with E-state index in [1.165, 1.54) is 18.0 Å². The number of halogens is 1. The van der Waals surface area contributed by atoms with Crippen molar-refractivity contribution in [2.75, 3.05) is 18.2 Å². The molecule has 0 spiro atoms. The first-order valence-corrected chi connectivity index (χ1v) is 12.9.